The number of hydrogen-bond acceptors (Lipinski definition) is 3. The quantitative estimate of drug-likeness (QED) is 0.697. The minimum Gasteiger partial charge on any atom is -0.406 e. The van der Waals surface area contributed by atoms with Gasteiger partial charge in [-0.15, -0.1) is 13.2 Å². The second kappa shape index (κ2) is 7.94. The van der Waals surface area contributed by atoms with E-state index in [0.29, 0.717) is 11.3 Å². The molecule has 0 aliphatic heterocycles. The largest absolute Gasteiger partial charge is 0.573 e. The summed E-state index contributed by atoms with van der Waals surface area (Å²) in [7, 11) is 0. The molecule has 0 aliphatic rings. The van der Waals surface area contributed by atoms with E-state index in [4.69, 9.17) is 0 Å². The zero-order valence-electron chi connectivity index (χ0n) is 14.1. The van der Waals surface area contributed by atoms with E-state index in [-0.39, 0.29) is 24.5 Å². The van der Waals surface area contributed by atoms with Gasteiger partial charge in [0.05, 0.1) is 23.8 Å². The number of para-hydroxylation sites is 2. The molecule has 3 aromatic rings. The van der Waals surface area contributed by atoms with Gasteiger partial charge in [0.1, 0.15) is 5.75 Å². The number of alkyl halides is 3. The molecular weight excluding hydrogens is 359 g/mol. The van der Waals surface area contributed by atoms with Crippen LogP contribution in [0, 0.1) is 0 Å². The van der Waals surface area contributed by atoms with E-state index in [1.807, 2.05) is 30.3 Å². The molecule has 5 nitrogen and oxygen atoms in total. The third-order valence-corrected chi connectivity index (χ3v) is 3.71. The highest BCUT2D eigenvalue weighted by Gasteiger charge is 2.31. The lowest BCUT2D eigenvalue weighted by Crippen LogP contribution is -2.18. The van der Waals surface area contributed by atoms with Crippen LogP contribution in [-0.2, 0) is 11.2 Å². The van der Waals surface area contributed by atoms with Crippen LogP contribution < -0.4 is 10.1 Å². The van der Waals surface area contributed by atoms with E-state index in [2.05, 4.69) is 15.2 Å². The maximum atomic E-state index is 12.4. The van der Waals surface area contributed by atoms with Gasteiger partial charge in [-0.25, -0.2) is 4.68 Å². The number of carbonyl (C=O) groups is 1. The molecule has 2 aromatic carbocycles. The number of hydrogen-bond donors (Lipinski definition) is 1. The molecule has 0 fully saturated rings. The van der Waals surface area contributed by atoms with Crippen LogP contribution >= 0.6 is 0 Å². The summed E-state index contributed by atoms with van der Waals surface area (Å²) in [5, 5.41) is 6.85. The van der Waals surface area contributed by atoms with Crippen LogP contribution in [0.4, 0.5) is 18.9 Å². The fourth-order valence-corrected chi connectivity index (χ4v) is 2.52. The number of anilines is 1. The van der Waals surface area contributed by atoms with Gasteiger partial charge in [0.2, 0.25) is 5.91 Å². The molecule has 1 amide bonds. The zero-order chi connectivity index (χ0) is 19.3. The van der Waals surface area contributed by atoms with Gasteiger partial charge in [-0.1, -0.05) is 36.4 Å². The fourth-order valence-electron chi connectivity index (χ4n) is 2.52. The minimum atomic E-state index is -4.77. The first kappa shape index (κ1) is 18.5. The Morgan fingerprint density at radius 3 is 2.52 bits per heavy atom. The summed E-state index contributed by atoms with van der Waals surface area (Å²) in [5.41, 5.74) is 1.66. The van der Waals surface area contributed by atoms with Gasteiger partial charge in [0.25, 0.3) is 0 Å². The number of nitrogens with one attached hydrogen (secondary N) is 1. The zero-order valence-corrected chi connectivity index (χ0v) is 14.1. The SMILES string of the molecule is O=C(CCc1ccccc1OC(F)(F)F)Nc1cnn(-c2ccccc2)c1. The van der Waals surface area contributed by atoms with Gasteiger partial charge in [0, 0.05) is 6.42 Å². The summed E-state index contributed by atoms with van der Waals surface area (Å²) < 4.78 is 42.9. The number of aromatic nitrogens is 2. The Hall–Kier alpha value is -3.29. The highest BCUT2D eigenvalue weighted by atomic mass is 19.4. The van der Waals surface area contributed by atoms with Gasteiger partial charge < -0.3 is 10.1 Å². The van der Waals surface area contributed by atoms with Crippen LogP contribution in [0.2, 0.25) is 0 Å². The molecule has 0 radical (unpaired) electrons. The second-order valence-corrected chi connectivity index (χ2v) is 5.71. The average molecular weight is 375 g/mol. The van der Waals surface area contributed by atoms with Crippen LogP contribution in [0.3, 0.4) is 0 Å². The monoisotopic (exact) mass is 375 g/mol. The molecule has 1 aromatic heterocycles. The Morgan fingerprint density at radius 2 is 1.78 bits per heavy atom. The summed E-state index contributed by atoms with van der Waals surface area (Å²) in [6, 6.07) is 15.1. The number of aryl methyl sites for hydroxylation is 1. The van der Waals surface area contributed by atoms with Crippen molar-refractivity contribution >= 4 is 11.6 Å². The normalized spacial score (nSPS) is 11.2. The molecule has 0 saturated carbocycles. The molecule has 3 rings (SSSR count). The molecule has 140 valence electrons. The number of ether oxygens (including phenoxy) is 1. The van der Waals surface area contributed by atoms with Crippen LogP contribution in [0.15, 0.2) is 67.0 Å². The first-order chi connectivity index (χ1) is 12.9. The van der Waals surface area contributed by atoms with Gasteiger partial charge >= 0.3 is 6.36 Å². The standard InChI is InChI=1S/C19H16F3N3O2/c20-19(21,22)27-17-9-5-4-6-14(17)10-11-18(26)24-15-12-23-25(13-15)16-7-2-1-3-8-16/h1-9,12-13H,10-11H2,(H,24,26). The van der Waals surface area contributed by atoms with Gasteiger partial charge in [-0.05, 0) is 30.2 Å². The number of nitrogens with zero attached hydrogens (tertiary/aromatic N) is 2. The number of benzene rings is 2. The molecule has 1 heterocycles. The van der Waals surface area contributed by atoms with Gasteiger partial charge in [0.15, 0.2) is 0 Å². The molecule has 1 N–H and O–H groups in total. The summed E-state index contributed by atoms with van der Waals surface area (Å²) in [6.07, 6.45) is -1.48. The van der Waals surface area contributed by atoms with E-state index >= 15 is 0 Å². The summed E-state index contributed by atoms with van der Waals surface area (Å²) >= 11 is 0. The highest BCUT2D eigenvalue weighted by Crippen LogP contribution is 2.27. The fraction of sp³-hybridized carbons (Fsp3) is 0.158. The third kappa shape index (κ3) is 5.34. The van der Waals surface area contributed by atoms with Crippen molar-refractivity contribution in [2.75, 3.05) is 5.32 Å². The van der Waals surface area contributed by atoms with Crippen LogP contribution in [0.5, 0.6) is 5.75 Å². The number of rotatable bonds is 6. The Labute approximate surface area is 153 Å². The van der Waals surface area contributed by atoms with Gasteiger partial charge in [-0.2, -0.15) is 5.10 Å². The van der Waals surface area contributed by atoms with Gasteiger partial charge in [-0.3, -0.25) is 4.79 Å². The lowest BCUT2D eigenvalue weighted by molar-refractivity contribution is -0.274. The second-order valence-electron chi connectivity index (χ2n) is 5.71. The van der Waals surface area contributed by atoms with Crippen molar-refractivity contribution < 1.29 is 22.7 Å². The molecule has 0 saturated heterocycles. The minimum absolute atomic E-state index is 0.00868. The molecule has 0 aliphatic carbocycles. The van der Waals surface area contributed by atoms with Crippen molar-refractivity contribution in [3.63, 3.8) is 0 Å². The molecule has 0 bridgehead atoms. The first-order valence-electron chi connectivity index (χ1n) is 8.14. The lowest BCUT2D eigenvalue weighted by Gasteiger charge is -2.12. The average Bonchev–Trinajstić information content (AvgIpc) is 3.09. The highest BCUT2D eigenvalue weighted by molar-refractivity contribution is 5.90. The smallest absolute Gasteiger partial charge is 0.406 e. The first-order valence-corrected chi connectivity index (χ1v) is 8.14. The summed E-state index contributed by atoms with van der Waals surface area (Å²) in [6.45, 7) is 0. The summed E-state index contributed by atoms with van der Waals surface area (Å²) in [4.78, 5) is 12.1. The molecule has 0 spiro atoms. The van der Waals surface area contributed by atoms with Crippen LogP contribution in [-0.4, -0.2) is 22.1 Å². The van der Waals surface area contributed by atoms with Crippen molar-refractivity contribution in [2.45, 2.75) is 19.2 Å². The molecular formula is C19H16F3N3O2. The maximum absolute atomic E-state index is 12.4. The Balaban J connectivity index is 1.59. The Kier molecular flexibility index (Phi) is 5.44. The van der Waals surface area contributed by atoms with Crippen molar-refractivity contribution in [1.29, 1.82) is 0 Å². The van der Waals surface area contributed by atoms with E-state index in [0.717, 1.165) is 5.69 Å². The lowest BCUT2D eigenvalue weighted by atomic mass is 10.1. The number of amides is 1. The van der Waals surface area contributed by atoms with Crippen LogP contribution in [0.25, 0.3) is 5.69 Å². The van der Waals surface area contributed by atoms with Crippen molar-refractivity contribution in [3.8, 4) is 11.4 Å². The van der Waals surface area contributed by atoms with E-state index in [1.165, 1.54) is 24.4 Å². The molecule has 27 heavy (non-hydrogen) atoms. The molecule has 0 atom stereocenters. The van der Waals surface area contributed by atoms with E-state index < -0.39 is 6.36 Å². The van der Waals surface area contributed by atoms with Crippen molar-refractivity contribution in [1.82, 2.24) is 9.78 Å². The predicted octanol–water partition coefficient (Wildman–Crippen LogP) is 4.34. The van der Waals surface area contributed by atoms with E-state index in [9.17, 15) is 18.0 Å². The Morgan fingerprint density at radius 1 is 1.07 bits per heavy atom. The van der Waals surface area contributed by atoms with Crippen LogP contribution in [0.1, 0.15) is 12.0 Å². The Bertz CT molecular complexity index is 908. The van der Waals surface area contributed by atoms with E-state index in [1.54, 1.807) is 16.9 Å². The predicted molar refractivity (Wildman–Crippen MR) is 93.6 cm³/mol. The summed E-state index contributed by atoms with van der Waals surface area (Å²) in [5.74, 6) is -0.626. The maximum Gasteiger partial charge on any atom is 0.573 e. The third-order valence-electron chi connectivity index (χ3n) is 3.71. The number of carbonyl (C=O) groups excluding carboxylic acids is 1. The molecule has 8 heteroatoms. The van der Waals surface area contributed by atoms with Crippen molar-refractivity contribution in [2.24, 2.45) is 0 Å². The number of halogens is 3. The molecule has 0 unspecified atom stereocenters. The van der Waals surface area contributed by atoms with Crippen molar-refractivity contribution in [3.05, 3.63) is 72.6 Å². The topological polar surface area (TPSA) is 56.1 Å².